The van der Waals surface area contributed by atoms with Crippen LogP contribution in [0.25, 0.3) is 0 Å². The molecule has 5 heteroatoms. The van der Waals surface area contributed by atoms with Gasteiger partial charge in [-0.3, -0.25) is 0 Å². The summed E-state index contributed by atoms with van der Waals surface area (Å²) in [5.74, 6) is 1.60. The molecular formula is C20H31N5. The van der Waals surface area contributed by atoms with Gasteiger partial charge < -0.3 is 15.2 Å². The van der Waals surface area contributed by atoms with E-state index < -0.39 is 0 Å². The maximum absolute atomic E-state index is 4.71. The van der Waals surface area contributed by atoms with Crippen molar-refractivity contribution in [1.82, 2.24) is 20.2 Å². The van der Waals surface area contributed by atoms with E-state index >= 15 is 0 Å². The molecule has 1 heterocycles. The van der Waals surface area contributed by atoms with Gasteiger partial charge in [0.15, 0.2) is 5.96 Å². The molecule has 5 nitrogen and oxygen atoms in total. The second-order valence-electron chi connectivity index (χ2n) is 6.31. The molecule has 0 fully saturated rings. The highest BCUT2D eigenvalue weighted by Crippen LogP contribution is 2.08. The number of nitrogens with one attached hydrogen (secondary N) is 2. The molecule has 0 aliphatic carbocycles. The average molecular weight is 342 g/mol. The Morgan fingerprint density at radius 3 is 2.40 bits per heavy atom. The highest BCUT2D eigenvalue weighted by atomic mass is 15.2. The fourth-order valence-corrected chi connectivity index (χ4v) is 2.67. The summed E-state index contributed by atoms with van der Waals surface area (Å²) in [6.45, 7) is 9.96. The zero-order chi connectivity index (χ0) is 17.9. The average Bonchev–Trinajstić information content (AvgIpc) is 3.14. The van der Waals surface area contributed by atoms with Crippen molar-refractivity contribution in [2.24, 2.45) is 10.9 Å². The predicted octanol–water partition coefficient (Wildman–Crippen LogP) is 3.42. The topological polar surface area (TPSA) is 54.2 Å². The van der Waals surface area contributed by atoms with Gasteiger partial charge in [-0.15, -0.1) is 0 Å². The Hall–Kier alpha value is -2.30. The molecule has 0 amide bonds. The van der Waals surface area contributed by atoms with Gasteiger partial charge in [0.2, 0.25) is 0 Å². The zero-order valence-corrected chi connectivity index (χ0v) is 15.7. The van der Waals surface area contributed by atoms with Gasteiger partial charge in [0.05, 0.1) is 12.9 Å². The van der Waals surface area contributed by atoms with Crippen LogP contribution in [-0.2, 0) is 13.1 Å². The molecule has 25 heavy (non-hydrogen) atoms. The number of hydrogen-bond acceptors (Lipinski definition) is 2. The molecule has 0 spiro atoms. The Morgan fingerprint density at radius 2 is 1.80 bits per heavy atom. The zero-order valence-electron chi connectivity index (χ0n) is 15.7. The monoisotopic (exact) mass is 341 g/mol. The first-order valence-corrected chi connectivity index (χ1v) is 9.30. The lowest BCUT2D eigenvalue weighted by Gasteiger charge is -2.16. The molecule has 1 aromatic heterocycles. The van der Waals surface area contributed by atoms with E-state index in [2.05, 4.69) is 65.2 Å². The van der Waals surface area contributed by atoms with Crippen LogP contribution >= 0.6 is 0 Å². The van der Waals surface area contributed by atoms with Gasteiger partial charge in [0.1, 0.15) is 0 Å². The van der Waals surface area contributed by atoms with Crippen LogP contribution in [-0.4, -0.2) is 28.6 Å². The minimum Gasteiger partial charge on any atom is -0.357 e. The normalized spacial score (nSPS) is 11.8. The molecule has 0 aliphatic heterocycles. The van der Waals surface area contributed by atoms with Crippen molar-refractivity contribution in [2.75, 3.05) is 13.1 Å². The summed E-state index contributed by atoms with van der Waals surface area (Å²) in [4.78, 5) is 8.78. The molecular weight excluding hydrogens is 310 g/mol. The van der Waals surface area contributed by atoms with Crippen molar-refractivity contribution in [1.29, 1.82) is 0 Å². The van der Waals surface area contributed by atoms with E-state index in [0.29, 0.717) is 12.5 Å². The number of imidazole rings is 1. The molecule has 0 unspecified atom stereocenters. The summed E-state index contributed by atoms with van der Waals surface area (Å²) in [6, 6.07) is 8.63. The number of aromatic nitrogens is 2. The minimum absolute atomic E-state index is 0.684. The van der Waals surface area contributed by atoms with Crippen LogP contribution in [0.4, 0.5) is 0 Å². The summed E-state index contributed by atoms with van der Waals surface area (Å²) in [7, 11) is 0. The van der Waals surface area contributed by atoms with E-state index in [-0.39, 0.29) is 0 Å². The van der Waals surface area contributed by atoms with Gasteiger partial charge >= 0.3 is 0 Å². The number of rotatable bonds is 9. The maximum Gasteiger partial charge on any atom is 0.191 e. The second-order valence-corrected chi connectivity index (χ2v) is 6.31. The van der Waals surface area contributed by atoms with Crippen LogP contribution < -0.4 is 10.6 Å². The van der Waals surface area contributed by atoms with E-state index in [9.17, 15) is 0 Å². The van der Waals surface area contributed by atoms with Crippen molar-refractivity contribution in [2.45, 2.75) is 46.7 Å². The number of aliphatic imine (C=N–C) groups is 1. The quantitative estimate of drug-likeness (QED) is 0.543. The molecule has 0 saturated carbocycles. The Kier molecular flexibility index (Phi) is 8.02. The standard InChI is InChI=1S/C20H31N5/c1-4-17(5-2)13-23-20(22-6-3)24-14-18-7-9-19(10-8-18)15-25-12-11-21-16-25/h7-12,16-17H,4-6,13-15H2,1-3H3,(H2,22,23,24). The second kappa shape index (κ2) is 10.5. The first-order chi connectivity index (χ1) is 12.2. The summed E-state index contributed by atoms with van der Waals surface area (Å²) in [6.07, 6.45) is 8.02. The van der Waals surface area contributed by atoms with Gasteiger partial charge in [-0.2, -0.15) is 0 Å². The van der Waals surface area contributed by atoms with E-state index in [1.54, 1.807) is 6.20 Å². The number of nitrogens with zero attached hydrogens (tertiary/aromatic N) is 3. The van der Waals surface area contributed by atoms with Crippen LogP contribution in [0, 0.1) is 5.92 Å². The van der Waals surface area contributed by atoms with Crippen LogP contribution in [0.2, 0.25) is 0 Å². The van der Waals surface area contributed by atoms with Crippen LogP contribution in [0.1, 0.15) is 44.7 Å². The first kappa shape index (κ1) is 19.0. The molecule has 0 saturated heterocycles. The molecule has 0 aliphatic rings. The molecule has 2 rings (SSSR count). The van der Waals surface area contributed by atoms with E-state index in [1.165, 1.54) is 24.0 Å². The molecule has 2 N–H and O–H groups in total. The smallest absolute Gasteiger partial charge is 0.191 e. The van der Waals surface area contributed by atoms with E-state index in [0.717, 1.165) is 25.6 Å². The summed E-state index contributed by atoms with van der Waals surface area (Å²) < 4.78 is 2.07. The maximum atomic E-state index is 4.71. The molecule has 1 aromatic carbocycles. The van der Waals surface area contributed by atoms with Crippen molar-refractivity contribution in [3.05, 3.63) is 54.1 Å². The highest BCUT2D eigenvalue weighted by molar-refractivity contribution is 5.79. The predicted molar refractivity (Wildman–Crippen MR) is 105 cm³/mol. The van der Waals surface area contributed by atoms with Crippen molar-refractivity contribution < 1.29 is 0 Å². The molecule has 0 bridgehead atoms. The van der Waals surface area contributed by atoms with Crippen LogP contribution in [0.5, 0.6) is 0 Å². The van der Waals surface area contributed by atoms with Crippen molar-refractivity contribution in [3.63, 3.8) is 0 Å². The first-order valence-electron chi connectivity index (χ1n) is 9.30. The Bertz CT molecular complexity index is 612. The number of hydrogen-bond donors (Lipinski definition) is 2. The lowest BCUT2D eigenvalue weighted by atomic mass is 10.0. The SMILES string of the molecule is CCNC(=NCc1ccc(Cn2ccnc2)cc1)NCC(CC)CC. The van der Waals surface area contributed by atoms with Crippen LogP contribution in [0.15, 0.2) is 48.0 Å². The summed E-state index contributed by atoms with van der Waals surface area (Å²) in [5.41, 5.74) is 2.48. The molecule has 0 atom stereocenters. The Balaban J connectivity index is 1.90. The number of benzene rings is 1. The third-order valence-corrected chi connectivity index (χ3v) is 4.42. The fraction of sp³-hybridized carbons (Fsp3) is 0.500. The van der Waals surface area contributed by atoms with Gasteiger partial charge in [0.25, 0.3) is 0 Å². The fourth-order valence-electron chi connectivity index (χ4n) is 2.67. The third kappa shape index (κ3) is 6.61. The largest absolute Gasteiger partial charge is 0.357 e. The Morgan fingerprint density at radius 1 is 1.08 bits per heavy atom. The van der Waals surface area contributed by atoms with E-state index in [4.69, 9.17) is 4.99 Å². The summed E-state index contributed by atoms with van der Waals surface area (Å²) >= 11 is 0. The third-order valence-electron chi connectivity index (χ3n) is 4.42. The molecule has 136 valence electrons. The summed E-state index contributed by atoms with van der Waals surface area (Å²) in [5, 5.41) is 6.79. The lowest BCUT2D eigenvalue weighted by Crippen LogP contribution is -2.39. The van der Waals surface area contributed by atoms with Gasteiger partial charge in [0, 0.05) is 32.0 Å². The highest BCUT2D eigenvalue weighted by Gasteiger charge is 2.05. The Labute approximate surface area is 151 Å². The van der Waals surface area contributed by atoms with Gasteiger partial charge in [-0.25, -0.2) is 9.98 Å². The van der Waals surface area contributed by atoms with Gasteiger partial charge in [-0.05, 0) is 24.0 Å². The van der Waals surface area contributed by atoms with E-state index in [1.807, 2.05) is 12.5 Å². The minimum atomic E-state index is 0.684. The molecule has 0 radical (unpaired) electrons. The lowest BCUT2D eigenvalue weighted by molar-refractivity contribution is 0.481. The molecule has 2 aromatic rings. The van der Waals surface area contributed by atoms with Crippen LogP contribution in [0.3, 0.4) is 0 Å². The number of guanidine groups is 1. The van der Waals surface area contributed by atoms with Crippen molar-refractivity contribution >= 4 is 5.96 Å². The van der Waals surface area contributed by atoms with Gasteiger partial charge in [-0.1, -0.05) is 51.0 Å². The van der Waals surface area contributed by atoms with Crippen molar-refractivity contribution in [3.8, 4) is 0 Å².